The van der Waals surface area contributed by atoms with Gasteiger partial charge in [-0.2, -0.15) is 0 Å². The lowest BCUT2D eigenvalue weighted by molar-refractivity contribution is -0.121. The van der Waals surface area contributed by atoms with E-state index in [4.69, 9.17) is 0 Å². The lowest BCUT2D eigenvalue weighted by Gasteiger charge is -2.22. The second-order valence-electron chi connectivity index (χ2n) is 6.38. The van der Waals surface area contributed by atoms with Gasteiger partial charge in [-0.3, -0.25) is 9.59 Å². The van der Waals surface area contributed by atoms with E-state index in [0.717, 1.165) is 16.8 Å². The fraction of sp³-hybridized carbons (Fsp3) is 0.333. The topological polar surface area (TPSA) is 49.4 Å². The molecule has 0 fully saturated rings. The molecule has 0 aromatic heterocycles. The Hall–Kier alpha value is -2.69. The monoisotopic (exact) mass is 356 g/mol. The molecule has 0 heterocycles. The normalized spacial score (nSPS) is 10.5. The third-order valence-corrected chi connectivity index (χ3v) is 4.42. The molecule has 2 rings (SSSR count). The van der Waals surface area contributed by atoms with Gasteiger partial charge in [0.05, 0.1) is 0 Å². The predicted octanol–water partition coefficient (Wildman–Crippen LogP) is 3.54. The van der Waals surface area contributed by atoms with Crippen molar-refractivity contribution in [1.82, 2.24) is 5.32 Å². The van der Waals surface area contributed by atoms with Gasteiger partial charge >= 0.3 is 0 Å². The first-order valence-electron chi connectivity index (χ1n) is 8.74. The molecule has 0 bridgehead atoms. The van der Waals surface area contributed by atoms with Crippen LogP contribution in [-0.2, 0) is 16.0 Å². The van der Waals surface area contributed by atoms with Crippen LogP contribution in [0.5, 0.6) is 0 Å². The standard InChI is InChI=1S/C21H25FN2O2/c1-15-8-9-19(14-16(15)2)24(17(3)25)13-11-21(26)23-12-10-18-6-4-5-7-20(18)22/h4-9,14H,10-13H2,1-3H3,(H,23,26). The zero-order chi connectivity index (χ0) is 19.1. The van der Waals surface area contributed by atoms with Crippen molar-refractivity contribution in [3.63, 3.8) is 0 Å². The fourth-order valence-corrected chi connectivity index (χ4v) is 2.70. The highest BCUT2D eigenvalue weighted by atomic mass is 19.1. The van der Waals surface area contributed by atoms with Crippen LogP contribution in [0, 0.1) is 19.7 Å². The second kappa shape index (κ2) is 9.13. The van der Waals surface area contributed by atoms with Gasteiger partial charge in [0.25, 0.3) is 0 Å². The molecule has 26 heavy (non-hydrogen) atoms. The van der Waals surface area contributed by atoms with Gasteiger partial charge in [0, 0.05) is 32.1 Å². The maximum atomic E-state index is 13.5. The lowest BCUT2D eigenvalue weighted by atomic mass is 10.1. The molecular formula is C21H25FN2O2. The first kappa shape index (κ1) is 19.6. The number of anilines is 1. The van der Waals surface area contributed by atoms with E-state index in [9.17, 15) is 14.0 Å². The Morgan fingerprint density at radius 3 is 2.46 bits per heavy atom. The van der Waals surface area contributed by atoms with Crippen molar-refractivity contribution in [1.29, 1.82) is 0 Å². The summed E-state index contributed by atoms with van der Waals surface area (Å²) in [6, 6.07) is 12.3. The highest BCUT2D eigenvalue weighted by Crippen LogP contribution is 2.19. The van der Waals surface area contributed by atoms with Crippen LogP contribution >= 0.6 is 0 Å². The van der Waals surface area contributed by atoms with Gasteiger partial charge in [0.15, 0.2) is 0 Å². The summed E-state index contributed by atoms with van der Waals surface area (Å²) in [5, 5.41) is 2.78. The Morgan fingerprint density at radius 2 is 1.81 bits per heavy atom. The highest BCUT2D eigenvalue weighted by Gasteiger charge is 2.14. The van der Waals surface area contributed by atoms with Crippen molar-refractivity contribution in [2.24, 2.45) is 0 Å². The molecule has 0 saturated heterocycles. The minimum atomic E-state index is -0.265. The van der Waals surface area contributed by atoms with Crippen LogP contribution in [0.3, 0.4) is 0 Å². The van der Waals surface area contributed by atoms with E-state index < -0.39 is 0 Å². The Morgan fingerprint density at radius 1 is 1.08 bits per heavy atom. The molecule has 2 aromatic rings. The van der Waals surface area contributed by atoms with Gasteiger partial charge in [0.2, 0.25) is 11.8 Å². The summed E-state index contributed by atoms with van der Waals surface area (Å²) in [7, 11) is 0. The van der Waals surface area contributed by atoms with E-state index in [1.807, 2.05) is 32.0 Å². The van der Waals surface area contributed by atoms with Gasteiger partial charge in [-0.1, -0.05) is 24.3 Å². The first-order valence-corrected chi connectivity index (χ1v) is 8.74. The molecule has 0 radical (unpaired) electrons. The number of nitrogens with zero attached hydrogens (tertiary/aromatic N) is 1. The lowest BCUT2D eigenvalue weighted by Crippen LogP contribution is -2.34. The number of carbonyl (C=O) groups excluding carboxylic acids is 2. The SMILES string of the molecule is CC(=O)N(CCC(=O)NCCc1ccccc1F)c1ccc(C)c(C)c1. The third kappa shape index (κ3) is 5.41. The molecular weight excluding hydrogens is 331 g/mol. The van der Waals surface area contributed by atoms with Crippen LogP contribution in [0.4, 0.5) is 10.1 Å². The highest BCUT2D eigenvalue weighted by molar-refractivity contribution is 5.92. The Kier molecular flexibility index (Phi) is 6.89. The Labute approximate surface area is 154 Å². The number of aryl methyl sites for hydroxylation is 2. The number of amides is 2. The summed E-state index contributed by atoms with van der Waals surface area (Å²) in [6.07, 6.45) is 0.635. The van der Waals surface area contributed by atoms with Crippen molar-refractivity contribution in [2.75, 3.05) is 18.0 Å². The molecule has 0 saturated carbocycles. The average molecular weight is 356 g/mol. The van der Waals surface area contributed by atoms with E-state index in [0.29, 0.717) is 25.1 Å². The van der Waals surface area contributed by atoms with Crippen molar-refractivity contribution in [3.05, 3.63) is 65.0 Å². The van der Waals surface area contributed by atoms with E-state index >= 15 is 0 Å². The van der Waals surface area contributed by atoms with E-state index in [2.05, 4.69) is 5.32 Å². The minimum Gasteiger partial charge on any atom is -0.356 e. The van der Waals surface area contributed by atoms with Crippen LogP contribution in [0.1, 0.15) is 30.0 Å². The smallest absolute Gasteiger partial charge is 0.223 e. The summed E-state index contributed by atoms with van der Waals surface area (Å²) in [4.78, 5) is 25.6. The van der Waals surface area contributed by atoms with Gasteiger partial charge in [-0.15, -0.1) is 0 Å². The molecule has 138 valence electrons. The largest absolute Gasteiger partial charge is 0.356 e. The molecule has 0 aliphatic heterocycles. The molecule has 0 spiro atoms. The van der Waals surface area contributed by atoms with E-state index in [1.54, 1.807) is 23.1 Å². The van der Waals surface area contributed by atoms with Crippen molar-refractivity contribution < 1.29 is 14.0 Å². The molecule has 0 atom stereocenters. The van der Waals surface area contributed by atoms with Gasteiger partial charge in [0.1, 0.15) is 5.82 Å². The number of nitrogens with one attached hydrogen (secondary N) is 1. The van der Waals surface area contributed by atoms with Gasteiger partial charge in [-0.25, -0.2) is 4.39 Å². The van der Waals surface area contributed by atoms with E-state index in [1.165, 1.54) is 13.0 Å². The zero-order valence-corrected chi connectivity index (χ0v) is 15.5. The Balaban J connectivity index is 1.86. The maximum Gasteiger partial charge on any atom is 0.223 e. The summed E-state index contributed by atoms with van der Waals surface area (Å²) < 4.78 is 13.5. The summed E-state index contributed by atoms with van der Waals surface area (Å²) in [5.74, 6) is -0.525. The number of hydrogen-bond donors (Lipinski definition) is 1. The maximum absolute atomic E-state index is 13.5. The van der Waals surface area contributed by atoms with Crippen LogP contribution in [0.2, 0.25) is 0 Å². The third-order valence-electron chi connectivity index (χ3n) is 4.42. The Bertz CT molecular complexity index is 789. The molecule has 2 amide bonds. The minimum absolute atomic E-state index is 0.104. The molecule has 0 aliphatic rings. The molecule has 4 nitrogen and oxygen atoms in total. The van der Waals surface area contributed by atoms with Crippen molar-refractivity contribution >= 4 is 17.5 Å². The quantitative estimate of drug-likeness (QED) is 0.825. The van der Waals surface area contributed by atoms with Gasteiger partial charge < -0.3 is 10.2 Å². The number of benzene rings is 2. The molecule has 5 heteroatoms. The number of hydrogen-bond acceptors (Lipinski definition) is 2. The van der Waals surface area contributed by atoms with Crippen molar-refractivity contribution in [2.45, 2.75) is 33.6 Å². The number of carbonyl (C=O) groups is 2. The van der Waals surface area contributed by atoms with Crippen LogP contribution in [-0.4, -0.2) is 24.9 Å². The summed E-state index contributed by atoms with van der Waals surface area (Å²) in [5.41, 5.74) is 3.62. The predicted molar refractivity (Wildman–Crippen MR) is 102 cm³/mol. The molecule has 1 N–H and O–H groups in total. The van der Waals surface area contributed by atoms with Crippen LogP contribution < -0.4 is 10.2 Å². The number of rotatable bonds is 7. The van der Waals surface area contributed by atoms with Gasteiger partial charge in [-0.05, 0) is 55.2 Å². The zero-order valence-electron chi connectivity index (χ0n) is 15.5. The van der Waals surface area contributed by atoms with E-state index in [-0.39, 0.29) is 24.1 Å². The summed E-state index contributed by atoms with van der Waals surface area (Å²) in [6.45, 7) is 6.17. The first-order chi connectivity index (χ1) is 12.4. The second-order valence-corrected chi connectivity index (χ2v) is 6.38. The fourth-order valence-electron chi connectivity index (χ4n) is 2.70. The summed E-state index contributed by atoms with van der Waals surface area (Å²) >= 11 is 0. The van der Waals surface area contributed by atoms with Crippen LogP contribution in [0.25, 0.3) is 0 Å². The molecule has 0 aliphatic carbocycles. The molecule has 0 unspecified atom stereocenters. The molecule has 2 aromatic carbocycles. The number of halogens is 1. The van der Waals surface area contributed by atoms with Crippen LogP contribution in [0.15, 0.2) is 42.5 Å². The average Bonchev–Trinajstić information content (AvgIpc) is 2.59. The van der Waals surface area contributed by atoms with Crippen molar-refractivity contribution in [3.8, 4) is 0 Å².